The summed E-state index contributed by atoms with van der Waals surface area (Å²) in [7, 11) is -0.794. The van der Waals surface area contributed by atoms with Gasteiger partial charge in [0.25, 0.3) is 35.4 Å². The third-order valence-corrected chi connectivity index (χ3v) is 32.1. The van der Waals surface area contributed by atoms with Gasteiger partial charge in [-0.1, -0.05) is 136 Å². The number of nitrogens with zero attached hydrogens (tertiary/aromatic N) is 9. The summed E-state index contributed by atoms with van der Waals surface area (Å²) in [5.41, 5.74) is 21.6. The molecule has 3 N–H and O–H groups in total. The number of aromatic nitrogens is 3. The summed E-state index contributed by atoms with van der Waals surface area (Å²) in [4.78, 5) is 87.2. The summed E-state index contributed by atoms with van der Waals surface area (Å²) in [6.07, 6.45) is 24.3. The highest BCUT2D eigenvalue weighted by Crippen LogP contribution is 2.52. The number of carbonyl (C=O) groups excluding carboxylic acids is 6. The third kappa shape index (κ3) is 18.9. The van der Waals surface area contributed by atoms with Gasteiger partial charge in [0, 0.05) is 164 Å². The van der Waals surface area contributed by atoms with Gasteiger partial charge in [-0.05, 0) is 196 Å². The first-order chi connectivity index (χ1) is 61.9. The van der Waals surface area contributed by atoms with E-state index in [1.165, 1.54) is 61.4 Å². The van der Waals surface area contributed by atoms with Crippen molar-refractivity contribution >= 4 is 117 Å². The SMILES string of the molecule is CC1=C2Cn3c(c(C4CCCCC4)c4ccc(cc43)C(=O)NS(=O)(=O)N(C)CCOCCN(C)C2=O)-c2ccc(C)cc21.COc1ccc2c(c1)C=C1Cn3c-2c(C2CCCCC2)c2ccc(cc23)C(=O)NS(=O)(=O)N(C)CCCCCCN(C)C1=O.Cc1ccc2c(c1)C=C1Cn3c-2c(C2CCCCC2)c2ccc(cc23)C(=O)NS(=O)(=O)N(C)CCOCCN(C)C1=O. The van der Waals surface area contributed by atoms with E-state index in [9.17, 15) is 54.0 Å². The Morgan fingerprint density at radius 1 is 0.357 bits per heavy atom. The van der Waals surface area contributed by atoms with Crippen molar-refractivity contribution in [2.45, 2.75) is 180 Å². The van der Waals surface area contributed by atoms with Gasteiger partial charge in [-0.25, -0.2) is 14.2 Å². The van der Waals surface area contributed by atoms with E-state index in [0.717, 1.165) is 211 Å². The van der Waals surface area contributed by atoms with Crippen LogP contribution in [-0.4, -0.2) is 217 Å². The first kappa shape index (κ1) is 91.7. The molecule has 18 rings (SSSR count). The molecule has 9 aromatic rings. The Bertz CT molecular complexity index is 6400. The maximum Gasteiger partial charge on any atom is 0.303 e. The minimum atomic E-state index is -4.08. The molecule has 9 heterocycles. The molecule has 30 heteroatoms. The van der Waals surface area contributed by atoms with Crippen LogP contribution in [0.1, 0.15) is 222 Å². The summed E-state index contributed by atoms with van der Waals surface area (Å²) in [5.74, 6) is -0.457. The van der Waals surface area contributed by atoms with Gasteiger partial charge in [-0.2, -0.15) is 38.2 Å². The Kier molecular flexibility index (Phi) is 27.4. The highest BCUT2D eigenvalue weighted by molar-refractivity contribution is 7.88. The summed E-state index contributed by atoms with van der Waals surface area (Å²) in [5, 5.41) is 3.14. The molecule has 12 bridgehead atoms. The van der Waals surface area contributed by atoms with Crippen LogP contribution in [0.5, 0.6) is 5.75 Å². The van der Waals surface area contributed by atoms with Gasteiger partial charge in [0.15, 0.2) is 0 Å². The van der Waals surface area contributed by atoms with Gasteiger partial charge in [-0.3, -0.25) is 28.8 Å². The fourth-order valence-corrected chi connectivity index (χ4v) is 23.0. The molecule has 9 aliphatic rings. The van der Waals surface area contributed by atoms with E-state index in [2.05, 4.69) is 84.2 Å². The van der Waals surface area contributed by atoms with E-state index in [-0.39, 0.29) is 73.9 Å². The van der Waals surface area contributed by atoms with Crippen LogP contribution in [0.3, 0.4) is 0 Å². The van der Waals surface area contributed by atoms with Crippen LogP contribution in [-0.2, 0) is 74.1 Å². The Morgan fingerprint density at radius 3 is 1.16 bits per heavy atom. The van der Waals surface area contributed by atoms with Crippen molar-refractivity contribution in [3.63, 3.8) is 0 Å². The molecular formula is C99H120N12O15S3. The number of hydrogen-bond acceptors (Lipinski definition) is 15. The molecule has 3 fully saturated rings. The molecule has 3 aliphatic carbocycles. The quantitative estimate of drug-likeness (QED) is 0.147. The Morgan fingerprint density at radius 2 is 0.713 bits per heavy atom. The summed E-state index contributed by atoms with van der Waals surface area (Å²) < 4.78 is 111. The predicted octanol–water partition coefficient (Wildman–Crippen LogP) is 15.0. The van der Waals surface area contributed by atoms with Gasteiger partial charge in [0.2, 0.25) is 0 Å². The largest absolute Gasteiger partial charge is 0.497 e. The first-order valence-corrected chi connectivity index (χ1v) is 50.0. The number of rotatable bonds is 4. The molecule has 6 aromatic carbocycles. The number of benzene rings is 6. The lowest BCUT2D eigenvalue weighted by Crippen LogP contribution is -2.42. The number of likely N-dealkylation sites (N-methyl/N-ethyl adjacent to an activating group) is 5. The number of hydrogen-bond donors (Lipinski definition) is 3. The number of methoxy groups -OCH3 is 1. The van der Waals surface area contributed by atoms with Gasteiger partial charge >= 0.3 is 30.6 Å². The molecule has 0 spiro atoms. The molecule has 0 radical (unpaired) electrons. The van der Waals surface area contributed by atoms with Gasteiger partial charge in [0.05, 0.1) is 70.3 Å². The molecule has 0 unspecified atom stereocenters. The second-order valence-electron chi connectivity index (χ2n) is 36.4. The minimum absolute atomic E-state index is 0.0199. The van der Waals surface area contributed by atoms with E-state index < -0.39 is 48.3 Å². The van der Waals surface area contributed by atoms with Crippen molar-refractivity contribution in [2.75, 3.05) is 115 Å². The lowest BCUT2D eigenvalue weighted by atomic mass is 9.81. The molecule has 6 amide bonds. The normalized spacial score (nSPS) is 20.7. The molecular weight excluding hydrogens is 1690 g/mol. The lowest BCUT2D eigenvalue weighted by molar-refractivity contribution is -0.127. The summed E-state index contributed by atoms with van der Waals surface area (Å²) in [6, 6.07) is 35.3. The fourth-order valence-electron chi connectivity index (χ4n) is 20.4. The first-order valence-electron chi connectivity index (χ1n) is 45.7. The van der Waals surface area contributed by atoms with Crippen LogP contribution in [0.4, 0.5) is 0 Å². The highest BCUT2D eigenvalue weighted by Gasteiger charge is 2.39. The second kappa shape index (κ2) is 38.5. The maximum absolute atomic E-state index is 14.1. The third-order valence-electron chi connectivity index (χ3n) is 27.7. The molecule has 0 atom stereocenters. The average molecular weight is 1810 g/mol. The maximum atomic E-state index is 14.1. The molecule has 27 nitrogen and oxygen atoms in total. The number of fused-ring (bicyclic) bond motifs is 12. The van der Waals surface area contributed by atoms with Crippen molar-refractivity contribution < 1.29 is 68.2 Å². The number of amides is 6. The van der Waals surface area contributed by atoms with Crippen molar-refractivity contribution in [1.82, 2.24) is 55.5 Å². The van der Waals surface area contributed by atoms with Gasteiger partial charge in [-0.15, -0.1) is 0 Å². The van der Waals surface area contributed by atoms with Crippen molar-refractivity contribution in [2.24, 2.45) is 0 Å². The number of nitrogens with one attached hydrogen (secondary N) is 3. The van der Waals surface area contributed by atoms with E-state index >= 15 is 0 Å². The number of carbonyl (C=O) groups is 6. The molecule has 0 saturated heterocycles. The number of aryl methyl sites for hydroxylation is 2. The molecule has 6 aliphatic heterocycles. The molecule has 3 saturated carbocycles. The van der Waals surface area contributed by atoms with Crippen molar-refractivity contribution in [3.8, 4) is 39.5 Å². The van der Waals surface area contributed by atoms with E-state index in [1.54, 1.807) is 72.3 Å². The van der Waals surface area contributed by atoms with Crippen LogP contribution in [0.15, 0.2) is 126 Å². The summed E-state index contributed by atoms with van der Waals surface area (Å²) in [6.45, 7) is 9.74. The van der Waals surface area contributed by atoms with Crippen LogP contribution < -0.4 is 18.9 Å². The van der Waals surface area contributed by atoms with E-state index in [1.807, 2.05) is 56.5 Å². The molecule has 3 aromatic heterocycles. The zero-order valence-corrected chi connectivity index (χ0v) is 78.2. The number of allylic oxidation sites excluding steroid dienone is 1. The highest BCUT2D eigenvalue weighted by atomic mass is 32.2. The van der Waals surface area contributed by atoms with Crippen LogP contribution in [0.25, 0.3) is 84.2 Å². The Labute approximate surface area is 757 Å². The fraction of sp³-hybridized carbons (Fsp3) is 0.455. The number of ether oxygens (including phenoxy) is 3. The standard InChI is InChI=1S/C34H42N4O5S.C33H40N4O5S.C32H38N4O5S/c1-36-17-9-4-5-10-18-37(2)44(41,42)35-33(39)24-13-15-29-30(21-24)38-22-26(34(36)40)19-25-20-27(43-3)14-16-28(25)32(38)31(29)23-11-7-6-8-12-23;1-21-10-12-25-27(18-21)22(2)28-20-37-29-19-24(11-13-26(29)30(31(25)37)23-8-6-5-7-9-23)32(38)34-43(40,41)36(4)15-17-42-16-14-35(3)33(28)39;1-21-9-11-26-24(17-21)18-25-20-36-28-19-23(10-12-27(28)29(30(26)36)22-7-5-4-6-8-22)31(37)33-42(39,40)35(3)14-16-41-15-13-34(2)32(25)38/h13-16,19-21,23H,4-12,17-18,22H2,1-3H3,(H,35,39);10-13,18-19,23H,5-9,14-17,20H2,1-4H3,(H,34,38);9-12,17-19,22H,4-8,13-16,20H2,1-3H3,(H,33,37). The van der Waals surface area contributed by atoms with Crippen molar-refractivity contribution in [3.05, 3.63) is 187 Å². The zero-order valence-electron chi connectivity index (χ0n) is 75.8. The predicted molar refractivity (Wildman–Crippen MR) is 504 cm³/mol. The van der Waals surface area contributed by atoms with Crippen LogP contribution in [0.2, 0.25) is 0 Å². The lowest BCUT2D eigenvalue weighted by Gasteiger charge is -2.24. The monoisotopic (exact) mass is 1810 g/mol. The van der Waals surface area contributed by atoms with E-state index in [0.29, 0.717) is 86.7 Å². The molecule has 129 heavy (non-hydrogen) atoms. The molecule has 684 valence electrons. The summed E-state index contributed by atoms with van der Waals surface area (Å²) >= 11 is 0. The smallest absolute Gasteiger partial charge is 0.303 e. The van der Waals surface area contributed by atoms with Crippen molar-refractivity contribution in [1.29, 1.82) is 0 Å². The van der Waals surface area contributed by atoms with Gasteiger partial charge < -0.3 is 42.6 Å². The van der Waals surface area contributed by atoms with Crippen LogP contribution in [0, 0.1) is 13.8 Å². The zero-order chi connectivity index (χ0) is 91.1. The second-order valence-corrected chi connectivity index (χ2v) is 41.7. The average Bonchev–Trinajstić information content (AvgIpc) is 1.58. The van der Waals surface area contributed by atoms with Crippen LogP contribution >= 0.6 is 0 Å². The Balaban J connectivity index is 0.000000142. The topological polar surface area (TPSA) is 303 Å². The Hall–Kier alpha value is -10.6. The van der Waals surface area contributed by atoms with Gasteiger partial charge in [0.1, 0.15) is 5.75 Å². The minimum Gasteiger partial charge on any atom is -0.497 e. The van der Waals surface area contributed by atoms with E-state index in [4.69, 9.17) is 14.2 Å².